The van der Waals surface area contributed by atoms with Gasteiger partial charge in [0.15, 0.2) is 0 Å². The number of phenols is 1. The molecule has 4 N–H and O–H groups in total. The molecule has 0 bridgehead atoms. The van der Waals surface area contributed by atoms with Crippen molar-refractivity contribution in [2.45, 2.75) is 17.5 Å². The molecular weight excluding hydrogens is 412 g/mol. The SMILES string of the molecule is O=C(NCc1cccc(O)c1)C(CO)NS(=O)(=O)c1ccc(Br)cc1. The molecule has 25 heavy (non-hydrogen) atoms. The molecule has 0 aliphatic rings. The number of aliphatic hydroxyl groups excluding tert-OH is 1. The highest BCUT2D eigenvalue weighted by Gasteiger charge is 2.25. The molecule has 1 atom stereocenters. The number of amides is 1. The van der Waals surface area contributed by atoms with Gasteiger partial charge in [-0.05, 0) is 42.0 Å². The highest BCUT2D eigenvalue weighted by molar-refractivity contribution is 9.10. The second-order valence-corrected chi connectivity index (χ2v) is 7.83. The van der Waals surface area contributed by atoms with Crippen molar-refractivity contribution in [3.05, 3.63) is 58.6 Å². The van der Waals surface area contributed by atoms with E-state index in [-0.39, 0.29) is 17.2 Å². The van der Waals surface area contributed by atoms with Crippen LogP contribution in [-0.4, -0.2) is 37.2 Å². The molecule has 0 fully saturated rings. The number of hydrogen-bond donors (Lipinski definition) is 4. The van der Waals surface area contributed by atoms with Crippen LogP contribution in [0.15, 0.2) is 57.9 Å². The van der Waals surface area contributed by atoms with Gasteiger partial charge in [-0.15, -0.1) is 0 Å². The van der Waals surface area contributed by atoms with Crippen LogP contribution >= 0.6 is 15.9 Å². The van der Waals surface area contributed by atoms with Gasteiger partial charge >= 0.3 is 0 Å². The van der Waals surface area contributed by atoms with Gasteiger partial charge in [0.2, 0.25) is 15.9 Å². The number of carbonyl (C=O) groups is 1. The van der Waals surface area contributed by atoms with Crippen LogP contribution in [0.25, 0.3) is 0 Å². The minimum Gasteiger partial charge on any atom is -0.508 e. The van der Waals surface area contributed by atoms with Gasteiger partial charge in [0, 0.05) is 11.0 Å². The van der Waals surface area contributed by atoms with Crippen LogP contribution in [0.3, 0.4) is 0 Å². The number of hydrogen-bond acceptors (Lipinski definition) is 5. The number of rotatable bonds is 7. The summed E-state index contributed by atoms with van der Waals surface area (Å²) < 4.78 is 27.5. The lowest BCUT2D eigenvalue weighted by Gasteiger charge is -2.16. The van der Waals surface area contributed by atoms with E-state index in [1.54, 1.807) is 24.3 Å². The first kappa shape index (κ1) is 19.4. The number of carbonyl (C=O) groups excluding carboxylic acids is 1. The van der Waals surface area contributed by atoms with Gasteiger partial charge in [-0.2, -0.15) is 4.72 Å². The summed E-state index contributed by atoms with van der Waals surface area (Å²) in [6.45, 7) is -0.606. The lowest BCUT2D eigenvalue weighted by molar-refractivity contribution is -0.123. The molecule has 0 radical (unpaired) electrons. The zero-order chi connectivity index (χ0) is 18.4. The lowest BCUT2D eigenvalue weighted by atomic mass is 10.2. The Morgan fingerprint density at radius 1 is 1.16 bits per heavy atom. The molecule has 1 unspecified atom stereocenters. The average molecular weight is 429 g/mol. The van der Waals surface area contributed by atoms with E-state index in [4.69, 9.17) is 0 Å². The largest absolute Gasteiger partial charge is 0.508 e. The Morgan fingerprint density at radius 2 is 1.84 bits per heavy atom. The van der Waals surface area contributed by atoms with Crippen molar-refractivity contribution in [3.63, 3.8) is 0 Å². The van der Waals surface area contributed by atoms with E-state index in [9.17, 15) is 23.4 Å². The Labute approximate surface area is 153 Å². The van der Waals surface area contributed by atoms with Gasteiger partial charge in [-0.3, -0.25) is 4.79 Å². The predicted octanol–water partition coefficient (Wildman–Crippen LogP) is 1.11. The van der Waals surface area contributed by atoms with Crippen LogP contribution in [0.4, 0.5) is 0 Å². The Balaban J connectivity index is 2.03. The molecular formula is C16H17BrN2O5S. The van der Waals surface area contributed by atoms with E-state index >= 15 is 0 Å². The van der Waals surface area contributed by atoms with Crippen molar-refractivity contribution in [1.29, 1.82) is 0 Å². The lowest BCUT2D eigenvalue weighted by Crippen LogP contribution is -2.48. The molecule has 1 amide bonds. The summed E-state index contributed by atoms with van der Waals surface area (Å²) in [6.07, 6.45) is 0. The molecule has 0 aromatic heterocycles. The number of aliphatic hydroxyl groups is 1. The third-order valence-corrected chi connectivity index (χ3v) is 5.31. The van der Waals surface area contributed by atoms with Crippen LogP contribution in [0.5, 0.6) is 5.75 Å². The van der Waals surface area contributed by atoms with E-state index in [1.165, 1.54) is 24.3 Å². The standard InChI is InChI=1S/C16H17BrN2O5S/c17-12-4-6-14(7-5-12)25(23,24)19-15(10-20)16(22)18-9-11-2-1-3-13(21)8-11/h1-8,15,19-21H,9-10H2,(H,18,22). The molecule has 2 rings (SSSR count). The third kappa shape index (κ3) is 5.53. The van der Waals surface area contributed by atoms with Crippen molar-refractivity contribution < 1.29 is 23.4 Å². The molecule has 0 saturated carbocycles. The first-order valence-corrected chi connectivity index (χ1v) is 9.54. The van der Waals surface area contributed by atoms with E-state index in [1.807, 2.05) is 0 Å². The van der Waals surface area contributed by atoms with E-state index < -0.39 is 28.6 Å². The highest BCUT2D eigenvalue weighted by Crippen LogP contribution is 2.15. The second-order valence-electron chi connectivity index (χ2n) is 5.20. The van der Waals surface area contributed by atoms with E-state index in [2.05, 4.69) is 26.0 Å². The molecule has 2 aromatic rings. The highest BCUT2D eigenvalue weighted by atomic mass is 79.9. The fraction of sp³-hybridized carbons (Fsp3) is 0.188. The van der Waals surface area contributed by atoms with Gasteiger partial charge in [-0.1, -0.05) is 28.1 Å². The molecule has 2 aromatic carbocycles. The number of phenolic OH excluding ortho intramolecular Hbond substituents is 1. The summed E-state index contributed by atoms with van der Waals surface area (Å²) in [5, 5.41) is 21.3. The molecule has 0 heterocycles. The van der Waals surface area contributed by atoms with Crippen molar-refractivity contribution >= 4 is 31.9 Å². The maximum Gasteiger partial charge on any atom is 0.241 e. The number of benzene rings is 2. The van der Waals surface area contributed by atoms with Crippen LogP contribution in [0.2, 0.25) is 0 Å². The smallest absolute Gasteiger partial charge is 0.241 e. The molecule has 0 spiro atoms. The van der Waals surface area contributed by atoms with Gasteiger partial charge < -0.3 is 15.5 Å². The predicted molar refractivity (Wildman–Crippen MR) is 95.3 cm³/mol. The Kier molecular flexibility index (Phi) is 6.54. The summed E-state index contributed by atoms with van der Waals surface area (Å²) in [5.41, 5.74) is 0.640. The van der Waals surface area contributed by atoms with Gasteiger partial charge in [0.1, 0.15) is 11.8 Å². The Bertz CT molecular complexity index is 840. The fourth-order valence-corrected chi connectivity index (χ4v) is 3.47. The fourth-order valence-electron chi connectivity index (χ4n) is 2.02. The summed E-state index contributed by atoms with van der Waals surface area (Å²) in [6, 6.07) is 10.8. The first-order chi connectivity index (χ1) is 11.8. The molecule has 0 aliphatic heterocycles. The molecule has 0 saturated heterocycles. The monoisotopic (exact) mass is 428 g/mol. The van der Waals surface area contributed by atoms with E-state index in [0.717, 1.165) is 0 Å². The zero-order valence-corrected chi connectivity index (χ0v) is 15.4. The Hall–Kier alpha value is -1.94. The van der Waals surface area contributed by atoms with Crippen molar-refractivity contribution in [3.8, 4) is 5.75 Å². The second kappa shape index (κ2) is 8.43. The van der Waals surface area contributed by atoms with Crippen molar-refractivity contribution in [2.24, 2.45) is 0 Å². The van der Waals surface area contributed by atoms with Crippen molar-refractivity contribution in [1.82, 2.24) is 10.0 Å². The normalized spacial score (nSPS) is 12.6. The quantitative estimate of drug-likeness (QED) is 0.527. The van der Waals surface area contributed by atoms with Crippen LogP contribution in [-0.2, 0) is 21.4 Å². The topological polar surface area (TPSA) is 116 Å². The molecule has 0 aliphatic carbocycles. The minimum atomic E-state index is -3.95. The number of aromatic hydroxyl groups is 1. The zero-order valence-electron chi connectivity index (χ0n) is 13.0. The van der Waals surface area contributed by atoms with Gasteiger partial charge in [-0.25, -0.2) is 8.42 Å². The van der Waals surface area contributed by atoms with E-state index in [0.29, 0.717) is 10.0 Å². The molecule has 9 heteroatoms. The molecule has 7 nitrogen and oxygen atoms in total. The van der Waals surface area contributed by atoms with Crippen LogP contribution in [0.1, 0.15) is 5.56 Å². The summed E-state index contributed by atoms with van der Waals surface area (Å²) in [5.74, 6) is -0.618. The first-order valence-electron chi connectivity index (χ1n) is 7.26. The van der Waals surface area contributed by atoms with Gasteiger partial charge in [0.25, 0.3) is 0 Å². The number of nitrogens with one attached hydrogen (secondary N) is 2. The number of halogens is 1. The van der Waals surface area contributed by atoms with Crippen LogP contribution in [0, 0.1) is 0 Å². The Morgan fingerprint density at radius 3 is 2.44 bits per heavy atom. The average Bonchev–Trinajstić information content (AvgIpc) is 2.58. The summed E-state index contributed by atoms with van der Waals surface area (Å²) in [7, 11) is -3.95. The maximum absolute atomic E-state index is 12.3. The summed E-state index contributed by atoms with van der Waals surface area (Å²) >= 11 is 3.21. The van der Waals surface area contributed by atoms with Gasteiger partial charge in [0.05, 0.1) is 11.5 Å². The minimum absolute atomic E-state index is 0.0186. The summed E-state index contributed by atoms with van der Waals surface area (Å²) in [4.78, 5) is 12.1. The maximum atomic E-state index is 12.3. The van der Waals surface area contributed by atoms with Crippen LogP contribution < -0.4 is 10.0 Å². The molecule has 134 valence electrons. The number of sulfonamides is 1. The van der Waals surface area contributed by atoms with Crippen molar-refractivity contribution in [2.75, 3.05) is 6.61 Å². The third-order valence-electron chi connectivity index (χ3n) is 3.30.